The second-order valence-corrected chi connectivity index (χ2v) is 5.45. The van der Waals surface area contributed by atoms with Crippen LogP contribution in [0.4, 0.5) is 0 Å². The third kappa shape index (κ3) is 3.19. The summed E-state index contributed by atoms with van der Waals surface area (Å²) in [6.07, 6.45) is 4.83. The van der Waals surface area contributed by atoms with E-state index in [9.17, 15) is 9.59 Å². The molecule has 0 N–H and O–H groups in total. The van der Waals surface area contributed by atoms with E-state index < -0.39 is 0 Å². The normalized spacial score (nSPS) is 18.4. The van der Waals surface area contributed by atoms with Crippen LogP contribution in [0.3, 0.4) is 0 Å². The average molecular weight is 223 g/mol. The van der Waals surface area contributed by atoms with Crippen LogP contribution in [0, 0.1) is 11.3 Å². The van der Waals surface area contributed by atoms with Crippen molar-refractivity contribution >= 4 is 11.8 Å². The smallest absolute Gasteiger partial charge is 0.253 e. The lowest BCUT2D eigenvalue weighted by Crippen LogP contribution is -2.35. The van der Waals surface area contributed by atoms with E-state index in [1.807, 2.05) is 0 Å². The summed E-state index contributed by atoms with van der Waals surface area (Å²) < 4.78 is 0. The van der Waals surface area contributed by atoms with Gasteiger partial charge in [-0.3, -0.25) is 14.5 Å². The SMILES string of the molecule is CCC(C)(C)CC(C)CN1C(=O)C=CC1=O. The number of carbonyl (C=O) groups is 2. The Kier molecular flexibility index (Phi) is 3.89. The van der Waals surface area contributed by atoms with Gasteiger partial charge in [-0.25, -0.2) is 0 Å². The lowest BCUT2D eigenvalue weighted by molar-refractivity contribution is -0.137. The Bertz CT molecular complexity index is 300. The fourth-order valence-corrected chi connectivity index (χ4v) is 2.07. The summed E-state index contributed by atoms with van der Waals surface area (Å²) >= 11 is 0. The first-order valence-corrected chi connectivity index (χ1v) is 5.89. The summed E-state index contributed by atoms with van der Waals surface area (Å²) in [5, 5.41) is 0. The number of hydrogen-bond donors (Lipinski definition) is 0. The van der Waals surface area contributed by atoms with E-state index in [1.165, 1.54) is 17.1 Å². The van der Waals surface area contributed by atoms with Crippen LogP contribution < -0.4 is 0 Å². The van der Waals surface area contributed by atoms with E-state index in [0.29, 0.717) is 12.5 Å². The minimum atomic E-state index is -0.175. The standard InChI is InChI=1S/C13H21NO2/c1-5-13(3,4)8-10(2)9-14-11(15)6-7-12(14)16/h6-7,10H,5,8-9H2,1-4H3. The second-order valence-electron chi connectivity index (χ2n) is 5.45. The van der Waals surface area contributed by atoms with E-state index in [2.05, 4.69) is 27.7 Å². The average Bonchev–Trinajstić information content (AvgIpc) is 2.49. The van der Waals surface area contributed by atoms with Gasteiger partial charge in [-0.2, -0.15) is 0 Å². The van der Waals surface area contributed by atoms with E-state index >= 15 is 0 Å². The number of rotatable bonds is 5. The molecule has 0 aromatic carbocycles. The van der Waals surface area contributed by atoms with Gasteiger partial charge in [0, 0.05) is 18.7 Å². The third-order valence-electron chi connectivity index (χ3n) is 3.25. The minimum absolute atomic E-state index is 0.175. The fraction of sp³-hybridized carbons (Fsp3) is 0.692. The minimum Gasteiger partial charge on any atom is -0.275 e. The Hall–Kier alpha value is -1.12. The Morgan fingerprint density at radius 3 is 2.19 bits per heavy atom. The van der Waals surface area contributed by atoms with Crippen LogP contribution in [-0.2, 0) is 9.59 Å². The molecule has 0 aromatic rings. The summed E-state index contributed by atoms with van der Waals surface area (Å²) in [5.41, 5.74) is 0.276. The number of amides is 2. The summed E-state index contributed by atoms with van der Waals surface area (Å²) in [4.78, 5) is 24.1. The van der Waals surface area contributed by atoms with Crippen molar-refractivity contribution in [3.63, 3.8) is 0 Å². The summed E-state index contributed by atoms with van der Waals surface area (Å²) in [6, 6.07) is 0. The molecule has 2 amide bonds. The number of nitrogens with zero attached hydrogens (tertiary/aromatic N) is 1. The number of imide groups is 1. The van der Waals surface area contributed by atoms with Crippen LogP contribution >= 0.6 is 0 Å². The maximum atomic E-state index is 11.4. The highest BCUT2D eigenvalue weighted by molar-refractivity contribution is 6.12. The van der Waals surface area contributed by atoms with E-state index in [1.54, 1.807) is 0 Å². The van der Waals surface area contributed by atoms with Gasteiger partial charge in [0.15, 0.2) is 0 Å². The van der Waals surface area contributed by atoms with Gasteiger partial charge in [0.05, 0.1) is 0 Å². The molecule has 0 aromatic heterocycles. The van der Waals surface area contributed by atoms with E-state index in [-0.39, 0.29) is 17.2 Å². The fourth-order valence-electron chi connectivity index (χ4n) is 2.07. The molecule has 0 saturated carbocycles. The first kappa shape index (κ1) is 12.9. The van der Waals surface area contributed by atoms with Gasteiger partial charge < -0.3 is 0 Å². The molecule has 1 aliphatic rings. The molecule has 0 bridgehead atoms. The molecule has 90 valence electrons. The highest BCUT2D eigenvalue weighted by Gasteiger charge is 2.27. The molecule has 1 rings (SSSR count). The van der Waals surface area contributed by atoms with Crippen molar-refractivity contribution in [3.8, 4) is 0 Å². The Morgan fingerprint density at radius 2 is 1.75 bits per heavy atom. The van der Waals surface area contributed by atoms with E-state index in [4.69, 9.17) is 0 Å². The molecule has 1 atom stereocenters. The van der Waals surface area contributed by atoms with Gasteiger partial charge in [-0.15, -0.1) is 0 Å². The first-order chi connectivity index (χ1) is 7.35. The molecule has 0 saturated heterocycles. The largest absolute Gasteiger partial charge is 0.275 e. The van der Waals surface area contributed by atoms with Gasteiger partial charge in [-0.05, 0) is 17.8 Å². The summed E-state index contributed by atoms with van der Waals surface area (Å²) in [7, 11) is 0. The lowest BCUT2D eigenvalue weighted by Gasteiger charge is -2.28. The Balaban J connectivity index is 2.49. The van der Waals surface area contributed by atoms with Gasteiger partial charge in [-0.1, -0.05) is 34.1 Å². The predicted octanol–water partition coefficient (Wildman–Crippen LogP) is 2.37. The summed E-state index contributed by atoms with van der Waals surface area (Å²) in [6.45, 7) is 9.23. The predicted molar refractivity (Wildman–Crippen MR) is 63.7 cm³/mol. The highest BCUT2D eigenvalue weighted by atomic mass is 16.2. The molecule has 0 aliphatic carbocycles. The molecular weight excluding hydrogens is 202 g/mol. The molecular formula is C13H21NO2. The van der Waals surface area contributed by atoms with Crippen molar-refractivity contribution in [2.45, 2.75) is 40.5 Å². The number of hydrogen-bond acceptors (Lipinski definition) is 2. The molecule has 0 fully saturated rings. The van der Waals surface area contributed by atoms with Crippen LogP contribution in [0.25, 0.3) is 0 Å². The highest BCUT2D eigenvalue weighted by Crippen LogP contribution is 2.29. The maximum Gasteiger partial charge on any atom is 0.253 e. The second kappa shape index (κ2) is 4.81. The van der Waals surface area contributed by atoms with Crippen molar-refractivity contribution in [1.82, 2.24) is 4.90 Å². The van der Waals surface area contributed by atoms with Crippen molar-refractivity contribution in [2.75, 3.05) is 6.54 Å². The van der Waals surface area contributed by atoms with Crippen molar-refractivity contribution in [2.24, 2.45) is 11.3 Å². The molecule has 16 heavy (non-hydrogen) atoms. The molecule has 1 unspecified atom stereocenters. The van der Waals surface area contributed by atoms with Crippen LogP contribution in [0.5, 0.6) is 0 Å². The van der Waals surface area contributed by atoms with Crippen LogP contribution in [0.2, 0.25) is 0 Å². The Labute approximate surface area is 97.5 Å². The summed E-state index contributed by atoms with van der Waals surface area (Å²) in [5.74, 6) is 0.0000548. The topological polar surface area (TPSA) is 37.4 Å². The zero-order chi connectivity index (χ0) is 12.3. The maximum absolute atomic E-state index is 11.4. The third-order valence-corrected chi connectivity index (χ3v) is 3.25. The van der Waals surface area contributed by atoms with Crippen LogP contribution in [0.1, 0.15) is 40.5 Å². The number of carbonyl (C=O) groups excluding carboxylic acids is 2. The van der Waals surface area contributed by atoms with Gasteiger partial charge in [0.2, 0.25) is 0 Å². The van der Waals surface area contributed by atoms with Crippen molar-refractivity contribution in [1.29, 1.82) is 0 Å². The molecule has 1 heterocycles. The van der Waals surface area contributed by atoms with Gasteiger partial charge in [0.25, 0.3) is 11.8 Å². The molecule has 3 nitrogen and oxygen atoms in total. The molecule has 3 heteroatoms. The van der Waals surface area contributed by atoms with Gasteiger partial charge in [0.1, 0.15) is 0 Å². The van der Waals surface area contributed by atoms with Crippen molar-refractivity contribution in [3.05, 3.63) is 12.2 Å². The molecule has 0 spiro atoms. The zero-order valence-corrected chi connectivity index (χ0v) is 10.6. The lowest BCUT2D eigenvalue weighted by atomic mass is 9.81. The quantitative estimate of drug-likeness (QED) is 0.671. The van der Waals surface area contributed by atoms with Crippen LogP contribution in [-0.4, -0.2) is 23.3 Å². The van der Waals surface area contributed by atoms with Gasteiger partial charge >= 0.3 is 0 Å². The molecule has 1 aliphatic heterocycles. The van der Waals surface area contributed by atoms with E-state index in [0.717, 1.165) is 12.8 Å². The zero-order valence-electron chi connectivity index (χ0n) is 10.6. The Morgan fingerprint density at radius 1 is 1.25 bits per heavy atom. The van der Waals surface area contributed by atoms with Crippen molar-refractivity contribution < 1.29 is 9.59 Å². The molecule has 0 radical (unpaired) electrons. The monoisotopic (exact) mass is 223 g/mol. The van der Waals surface area contributed by atoms with Crippen LogP contribution in [0.15, 0.2) is 12.2 Å². The first-order valence-electron chi connectivity index (χ1n) is 5.89.